The highest BCUT2D eigenvalue weighted by Crippen LogP contribution is 2.28. The first-order chi connectivity index (χ1) is 13.9. The van der Waals surface area contributed by atoms with Crippen molar-refractivity contribution in [3.05, 3.63) is 41.7 Å². The number of hydrogen-bond acceptors (Lipinski definition) is 6. The van der Waals surface area contributed by atoms with Crippen molar-refractivity contribution >= 4 is 16.8 Å². The molecule has 29 heavy (non-hydrogen) atoms. The van der Waals surface area contributed by atoms with E-state index in [0.29, 0.717) is 22.3 Å². The zero-order valence-corrected chi connectivity index (χ0v) is 16.7. The quantitative estimate of drug-likeness (QED) is 0.590. The number of ether oxygens (including phenoxy) is 2. The summed E-state index contributed by atoms with van der Waals surface area (Å²) in [6.07, 6.45) is 1.99. The Morgan fingerprint density at radius 3 is 2.69 bits per heavy atom. The molecule has 3 rings (SSSR count). The van der Waals surface area contributed by atoms with E-state index in [1.807, 2.05) is 6.92 Å². The lowest BCUT2D eigenvalue weighted by molar-refractivity contribution is -0.121. The maximum Gasteiger partial charge on any atom is 0.163 e. The largest absolute Gasteiger partial charge is 0.505 e. The number of benzene rings is 2. The third-order valence-corrected chi connectivity index (χ3v) is 4.39. The lowest BCUT2D eigenvalue weighted by Gasteiger charge is -2.13. The van der Waals surface area contributed by atoms with Crippen LogP contribution in [0, 0.1) is 5.82 Å². The van der Waals surface area contributed by atoms with E-state index in [4.69, 9.17) is 9.47 Å². The molecule has 1 heterocycles. The van der Waals surface area contributed by atoms with E-state index < -0.39 is 5.82 Å². The van der Waals surface area contributed by atoms with Crippen LogP contribution < -0.4 is 4.74 Å². The number of nitrogens with zero attached hydrogens (tertiary/aromatic N) is 3. The van der Waals surface area contributed by atoms with Crippen LogP contribution in [0.1, 0.15) is 32.3 Å². The van der Waals surface area contributed by atoms with Crippen molar-refractivity contribution in [3.63, 3.8) is 0 Å². The lowest BCUT2D eigenvalue weighted by atomic mass is 10.1. The van der Waals surface area contributed by atoms with Gasteiger partial charge in [0.05, 0.1) is 6.10 Å². The number of methoxy groups -OCH3 is 1. The Morgan fingerprint density at radius 1 is 1.24 bits per heavy atom. The van der Waals surface area contributed by atoms with Gasteiger partial charge in [-0.1, -0.05) is 13.3 Å². The smallest absolute Gasteiger partial charge is 0.163 e. The third kappa shape index (κ3) is 4.89. The molecule has 0 aliphatic carbocycles. The van der Waals surface area contributed by atoms with E-state index in [1.165, 1.54) is 19.2 Å². The highest BCUT2D eigenvalue weighted by Gasteiger charge is 2.17. The number of fused-ring (bicyclic) bond motifs is 1. The monoisotopic (exact) mass is 401 g/mol. The molecule has 0 aliphatic heterocycles. The van der Waals surface area contributed by atoms with Crippen LogP contribution in [0.3, 0.4) is 0 Å². The molecule has 7 nitrogen and oxygen atoms in total. The van der Waals surface area contributed by atoms with E-state index in [2.05, 4.69) is 17.1 Å². The molecule has 0 saturated heterocycles. The first-order valence-corrected chi connectivity index (χ1v) is 9.47. The van der Waals surface area contributed by atoms with Crippen LogP contribution in [-0.2, 0) is 16.0 Å². The van der Waals surface area contributed by atoms with Crippen molar-refractivity contribution < 1.29 is 23.8 Å². The Morgan fingerprint density at radius 2 is 2.00 bits per heavy atom. The molecule has 8 heteroatoms. The maximum atomic E-state index is 14.7. The van der Waals surface area contributed by atoms with Gasteiger partial charge in [-0.2, -0.15) is 0 Å². The number of Topliss-reactive ketones (excluding diaryl/α,β-unsaturated/α-hetero) is 1. The van der Waals surface area contributed by atoms with Gasteiger partial charge in [-0.3, -0.25) is 4.79 Å². The summed E-state index contributed by atoms with van der Waals surface area (Å²) in [6, 6.07) is 7.78. The first-order valence-electron chi connectivity index (χ1n) is 9.47. The summed E-state index contributed by atoms with van der Waals surface area (Å²) in [5.74, 6) is -0.633. The van der Waals surface area contributed by atoms with Crippen molar-refractivity contribution in [1.29, 1.82) is 0 Å². The Hall–Kier alpha value is -3.00. The normalized spacial score (nSPS) is 12.3. The minimum absolute atomic E-state index is 0.0379. The SMILES string of the molecule is CCCC(C)Oc1ccc2nn(-c3c(O)cc(CC(=O)COC)cc3F)nc2c1. The van der Waals surface area contributed by atoms with E-state index in [0.717, 1.165) is 17.6 Å². The molecule has 0 saturated carbocycles. The van der Waals surface area contributed by atoms with Gasteiger partial charge in [0.2, 0.25) is 0 Å². The van der Waals surface area contributed by atoms with E-state index in [9.17, 15) is 14.3 Å². The number of rotatable bonds is 9. The molecule has 154 valence electrons. The molecule has 2 aromatic carbocycles. The van der Waals surface area contributed by atoms with Crippen LogP contribution in [-0.4, -0.2) is 45.7 Å². The van der Waals surface area contributed by atoms with E-state index in [-0.39, 0.29) is 36.4 Å². The molecule has 0 spiro atoms. The molecule has 1 unspecified atom stereocenters. The summed E-state index contributed by atoms with van der Waals surface area (Å²) in [7, 11) is 1.41. The number of carbonyl (C=O) groups excluding carboxylic acids is 1. The minimum Gasteiger partial charge on any atom is -0.505 e. The summed E-state index contributed by atoms with van der Waals surface area (Å²) in [5, 5.41) is 18.8. The average molecular weight is 401 g/mol. The van der Waals surface area contributed by atoms with Crippen molar-refractivity contribution in [2.24, 2.45) is 0 Å². The number of aromatic nitrogens is 3. The molecule has 0 radical (unpaired) electrons. The van der Waals surface area contributed by atoms with Crippen molar-refractivity contribution in [1.82, 2.24) is 15.0 Å². The second kappa shape index (κ2) is 9.00. The van der Waals surface area contributed by atoms with Gasteiger partial charge in [-0.15, -0.1) is 15.0 Å². The number of phenolic OH excluding ortho intramolecular Hbond substituents is 1. The molecular formula is C21H24FN3O4. The predicted molar refractivity (Wildman–Crippen MR) is 106 cm³/mol. The fourth-order valence-corrected chi connectivity index (χ4v) is 3.14. The van der Waals surface area contributed by atoms with Crippen molar-refractivity contribution in [2.45, 2.75) is 39.2 Å². The second-order valence-corrected chi connectivity index (χ2v) is 6.95. The van der Waals surface area contributed by atoms with Gasteiger partial charge < -0.3 is 14.6 Å². The van der Waals surface area contributed by atoms with Gasteiger partial charge in [0.1, 0.15) is 29.1 Å². The Labute approximate surface area is 168 Å². The maximum absolute atomic E-state index is 14.7. The van der Waals surface area contributed by atoms with E-state index in [1.54, 1.807) is 18.2 Å². The summed E-state index contributed by atoms with van der Waals surface area (Å²) >= 11 is 0. The molecular weight excluding hydrogens is 377 g/mol. The van der Waals surface area contributed by atoms with Gasteiger partial charge in [0.15, 0.2) is 17.3 Å². The molecule has 0 fully saturated rings. The third-order valence-electron chi connectivity index (χ3n) is 4.39. The molecule has 0 aliphatic rings. The van der Waals surface area contributed by atoms with Gasteiger partial charge in [0.25, 0.3) is 0 Å². The lowest BCUT2D eigenvalue weighted by Crippen LogP contribution is -2.10. The second-order valence-electron chi connectivity index (χ2n) is 6.95. The van der Waals surface area contributed by atoms with Crippen LogP contribution in [0.5, 0.6) is 11.5 Å². The Balaban J connectivity index is 1.89. The standard InChI is InChI=1S/C21H24FN3O4/c1-4-5-13(2)29-16-6-7-18-19(11-16)24-25(23-18)21-17(22)9-14(10-20(21)27)8-15(26)12-28-3/h6-7,9-11,13,27H,4-5,8,12H2,1-3H3. The molecule has 3 aromatic rings. The van der Waals surface area contributed by atoms with Gasteiger partial charge in [-0.25, -0.2) is 4.39 Å². The van der Waals surface area contributed by atoms with Gasteiger partial charge in [-0.05, 0) is 43.2 Å². The average Bonchev–Trinajstić information content (AvgIpc) is 3.04. The van der Waals surface area contributed by atoms with Crippen molar-refractivity contribution in [3.8, 4) is 17.2 Å². The van der Waals surface area contributed by atoms with E-state index >= 15 is 0 Å². The first kappa shape index (κ1) is 20.7. The van der Waals surface area contributed by atoms with Crippen LogP contribution in [0.25, 0.3) is 16.7 Å². The number of aromatic hydroxyl groups is 1. The topological polar surface area (TPSA) is 86.5 Å². The molecule has 1 aromatic heterocycles. The number of phenols is 1. The highest BCUT2D eigenvalue weighted by atomic mass is 19.1. The fourth-order valence-electron chi connectivity index (χ4n) is 3.14. The molecule has 1 N–H and O–H groups in total. The van der Waals surface area contributed by atoms with Crippen molar-refractivity contribution in [2.75, 3.05) is 13.7 Å². The molecule has 0 amide bonds. The zero-order chi connectivity index (χ0) is 21.0. The highest BCUT2D eigenvalue weighted by molar-refractivity contribution is 5.82. The Bertz CT molecular complexity index is 995. The van der Waals surface area contributed by atoms with Crippen LogP contribution >= 0.6 is 0 Å². The van der Waals surface area contributed by atoms with Crippen LogP contribution in [0.4, 0.5) is 4.39 Å². The summed E-state index contributed by atoms with van der Waals surface area (Å²) in [4.78, 5) is 12.7. The number of halogens is 1. The zero-order valence-electron chi connectivity index (χ0n) is 16.7. The number of ketones is 1. The van der Waals surface area contributed by atoms with Gasteiger partial charge >= 0.3 is 0 Å². The Kier molecular flexibility index (Phi) is 6.43. The predicted octanol–water partition coefficient (Wildman–Crippen LogP) is 3.59. The van der Waals surface area contributed by atoms with Crippen LogP contribution in [0.15, 0.2) is 30.3 Å². The summed E-state index contributed by atoms with van der Waals surface area (Å²) < 4.78 is 25.3. The number of carbonyl (C=O) groups is 1. The summed E-state index contributed by atoms with van der Waals surface area (Å²) in [6.45, 7) is 4.02. The fraction of sp³-hybridized carbons (Fsp3) is 0.381. The molecule has 1 atom stereocenters. The minimum atomic E-state index is -0.724. The molecule has 0 bridgehead atoms. The van der Waals surface area contributed by atoms with Crippen LogP contribution in [0.2, 0.25) is 0 Å². The van der Waals surface area contributed by atoms with Gasteiger partial charge in [0, 0.05) is 19.6 Å². The summed E-state index contributed by atoms with van der Waals surface area (Å²) in [5.41, 5.74) is 1.23. The number of hydrogen-bond donors (Lipinski definition) is 1.